The molecular formula is C18H11ClFN3O. The molecule has 0 amide bonds. The largest absolute Gasteiger partial charge is 0.305 e. The highest BCUT2D eigenvalue weighted by Gasteiger charge is 2.11. The summed E-state index contributed by atoms with van der Waals surface area (Å²) >= 11 is 5.98. The minimum atomic E-state index is -0.561. The molecule has 0 fully saturated rings. The predicted molar refractivity (Wildman–Crippen MR) is 92.0 cm³/mol. The Bertz CT molecular complexity index is 1060. The number of H-pyrrole nitrogens is 1. The first kappa shape index (κ1) is 15.9. The van der Waals surface area contributed by atoms with Gasteiger partial charge in [0, 0.05) is 5.56 Å². The van der Waals surface area contributed by atoms with Crippen molar-refractivity contribution in [3.63, 3.8) is 0 Å². The van der Waals surface area contributed by atoms with Gasteiger partial charge in [0.1, 0.15) is 11.9 Å². The molecule has 1 N–H and O–H groups in total. The lowest BCUT2D eigenvalue weighted by molar-refractivity contribution is 0.625. The summed E-state index contributed by atoms with van der Waals surface area (Å²) < 4.78 is 13.9. The van der Waals surface area contributed by atoms with Crippen LogP contribution in [0.5, 0.6) is 0 Å². The monoisotopic (exact) mass is 339 g/mol. The van der Waals surface area contributed by atoms with Crippen LogP contribution in [-0.2, 0) is 0 Å². The smallest absolute Gasteiger partial charge is 0.259 e. The standard InChI is InChI=1S/C18H11ClFN3O/c1-10-5-6-16-13(7-10)18(24)23-17(22-16)11(9-21)8-12-14(19)3-2-4-15(12)20/h2-8H,1H3,(H,22,23,24). The van der Waals surface area contributed by atoms with Crippen molar-refractivity contribution in [3.8, 4) is 6.07 Å². The number of nitrogens with one attached hydrogen (secondary N) is 1. The Balaban J connectivity index is 2.21. The summed E-state index contributed by atoms with van der Waals surface area (Å²) in [6.07, 6.45) is 1.27. The molecular weight excluding hydrogens is 329 g/mol. The first-order valence-corrected chi connectivity index (χ1v) is 7.44. The Morgan fingerprint density at radius 1 is 1.38 bits per heavy atom. The molecule has 3 rings (SSSR count). The molecule has 2 aromatic carbocycles. The van der Waals surface area contributed by atoms with E-state index in [1.165, 1.54) is 24.3 Å². The molecule has 0 aliphatic rings. The molecule has 6 heteroatoms. The van der Waals surface area contributed by atoms with Crippen LogP contribution in [0.4, 0.5) is 4.39 Å². The number of allylic oxidation sites excluding steroid dienone is 1. The van der Waals surface area contributed by atoms with Gasteiger partial charge in [-0.1, -0.05) is 29.3 Å². The van der Waals surface area contributed by atoms with Crippen LogP contribution in [0.2, 0.25) is 5.02 Å². The van der Waals surface area contributed by atoms with E-state index >= 15 is 0 Å². The van der Waals surface area contributed by atoms with Gasteiger partial charge in [0.05, 0.1) is 21.5 Å². The van der Waals surface area contributed by atoms with E-state index in [-0.39, 0.29) is 27.5 Å². The van der Waals surface area contributed by atoms with Crippen molar-refractivity contribution in [3.05, 3.63) is 74.5 Å². The van der Waals surface area contributed by atoms with Gasteiger partial charge in [-0.05, 0) is 37.3 Å². The Kier molecular flexibility index (Phi) is 4.15. The van der Waals surface area contributed by atoms with Crippen molar-refractivity contribution in [2.45, 2.75) is 6.92 Å². The topological polar surface area (TPSA) is 69.5 Å². The van der Waals surface area contributed by atoms with Gasteiger partial charge in [0.25, 0.3) is 5.56 Å². The molecule has 0 bridgehead atoms. The number of benzene rings is 2. The van der Waals surface area contributed by atoms with E-state index < -0.39 is 5.82 Å². The maximum atomic E-state index is 13.9. The second kappa shape index (κ2) is 6.26. The molecule has 118 valence electrons. The Morgan fingerprint density at radius 2 is 2.17 bits per heavy atom. The average molecular weight is 340 g/mol. The van der Waals surface area contributed by atoms with Gasteiger partial charge in [-0.25, -0.2) is 9.37 Å². The fourth-order valence-corrected chi connectivity index (χ4v) is 2.54. The second-order valence-electron chi connectivity index (χ2n) is 5.24. The minimum absolute atomic E-state index is 0.0153. The molecule has 0 aliphatic carbocycles. The number of rotatable bonds is 2. The van der Waals surface area contributed by atoms with Gasteiger partial charge in [0.15, 0.2) is 5.82 Å². The highest BCUT2D eigenvalue weighted by atomic mass is 35.5. The van der Waals surface area contributed by atoms with Crippen LogP contribution < -0.4 is 5.56 Å². The lowest BCUT2D eigenvalue weighted by atomic mass is 10.1. The predicted octanol–water partition coefficient (Wildman–Crippen LogP) is 4.09. The zero-order valence-corrected chi connectivity index (χ0v) is 13.4. The Labute approximate surface area is 141 Å². The maximum Gasteiger partial charge on any atom is 0.259 e. The molecule has 4 nitrogen and oxygen atoms in total. The number of nitrogens with zero attached hydrogens (tertiary/aromatic N) is 2. The molecule has 0 radical (unpaired) electrons. The molecule has 0 saturated carbocycles. The van der Waals surface area contributed by atoms with E-state index in [1.807, 2.05) is 19.1 Å². The number of aromatic nitrogens is 2. The fraction of sp³-hybridized carbons (Fsp3) is 0.0556. The van der Waals surface area contributed by atoms with Gasteiger partial charge in [-0.3, -0.25) is 4.79 Å². The van der Waals surface area contributed by atoms with Crippen molar-refractivity contribution in [2.24, 2.45) is 0 Å². The van der Waals surface area contributed by atoms with Gasteiger partial charge in [-0.15, -0.1) is 0 Å². The number of halogens is 2. The van der Waals surface area contributed by atoms with Gasteiger partial charge in [0.2, 0.25) is 0 Å². The number of aryl methyl sites for hydroxylation is 1. The van der Waals surface area contributed by atoms with Crippen LogP contribution in [0, 0.1) is 24.1 Å². The van der Waals surface area contributed by atoms with Crippen LogP contribution >= 0.6 is 11.6 Å². The first-order valence-electron chi connectivity index (χ1n) is 7.06. The lowest BCUT2D eigenvalue weighted by Crippen LogP contribution is -2.11. The Morgan fingerprint density at radius 3 is 2.88 bits per heavy atom. The maximum absolute atomic E-state index is 13.9. The van der Waals surface area contributed by atoms with E-state index in [0.29, 0.717) is 10.9 Å². The molecule has 0 spiro atoms. The molecule has 1 aromatic heterocycles. The van der Waals surface area contributed by atoms with Crippen molar-refractivity contribution in [1.29, 1.82) is 5.26 Å². The van der Waals surface area contributed by atoms with Gasteiger partial charge >= 0.3 is 0 Å². The summed E-state index contributed by atoms with van der Waals surface area (Å²) in [6.45, 7) is 1.87. The zero-order chi connectivity index (χ0) is 17.3. The fourth-order valence-electron chi connectivity index (χ4n) is 2.33. The molecule has 3 aromatic rings. The van der Waals surface area contributed by atoms with Crippen molar-refractivity contribution < 1.29 is 4.39 Å². The van der Waals surface area contributed by atoms with Crippen LogP contribution in [0.25, 0.3) is 22.6 Å². The van der Waals surface area contributed by atoms with Crippen LogP contribution in [0.1, 0.15) is 17.0 Å². The number of hydrogen-bond donors (Lipinski definition) is 1. The third-order valence-corrected chi connectivity index (χ3v) is 3.85. The van der Waals surface area contributed by atoms with E-state index in [2.05, 4.69) is 9.97 Å². The molecule has 0 saturated heterocycles. The number of aromatic amines is 1. The van der Waals surface area contributed by atoms with Crippen LogP contribution in [0.3, 0.4) is 0 Å². The summed E-state index contributed by atoms with van der Waals surface area (Å²) in [4.78, 5) is 19.1. The lowest BCUT2D eigenvalue weighted by Gasteiger charge is -2.04. The first-order chi connectivity index (χ1) is 11.5. The average Bonchev–Trinajstić information content (AvgIpc) is 2.55. The highest BCUT2D eigenvalue weighted by molar-refractivity contribution is 6.32. The van der Waals surface area contributed by atoms with E-state index in [9.17, 15) is 14.4 Å². The molecule has 0 atom stereocenters. The summed E-state index contributed by atoms with van der Waals surface area (Å²) in [5.74, 6) is -0.493. The van der Waals surface area contributed by atoms with Gasteiger partial charge < -0.3 is 4.98 Å². The Hall–Kier alpha value is -2.97. The van der Waals surface area contributed by atoms with Gasteiger partial charge in [-0.2, -0.15) is 5.26 Å². The second-order valence-corrected chi connectivity index (χ2v) is 5.65. The summed E-state index contributed by atoms with van der Waals surface area (Å²) in [5.41, 5.74) is 1.11. The van der Waals surface area contributed by atoms with Crippen LogP contribution in [-0.4, -0.2) is 9.97 Å². The van der Waals surface area contributed by atoms with E-state index in [1.54, 1.807) is 12.1 Å². The van der Waals surface area contributed by atoms with Crippen molar-refractivity contribution in [1.82, 2.24) is 9.97 Å². The quantitative estimate of drug-likeness (QED) is 0.715. The van der Waals surface area contributed by atoms with Crippen molar-refractivity contribution >= 4 is 34.2 Å². The summed E-state index contributed by atoms with van der Waals surface area (Å²) in [7, 11) is 0. The summed E-state index contributed by atoms with van der Waals surface area (Å²) in [6, 6.07) is 11.4. The van der Waals surface area contributed by atoms with E-state index in [0.717, 1.165) is 5.56 Å². The molecule has 1 heterocycles. The summed E-state index contributed by atoms with van der Waals surface area (Å²) in [5, 5.41) is 9.98. The number of hydrogen-bond acceptors (Lipinski definition) is 3. The van der Waals surface area contributed by atoms with E-state index in [4.69, 9.17) is 11.6 Å². The number of nitriles is 1. The molecule has 0 aliphatic heterocycles. The third kappa shape index (κ3) is 2.92. The number of fused-ring (bicyclic) bond motifs is 1. The van der Waals surface area contributed by atoms with Crippen LogP contribution in [0.15, 0.2) is 41.2 Å². The SMILES string of the molecule is Cc1ccc2nc(C(C#N)=Cc3c(F)cccc3Cl)[nH]c(=O)c2c1. The highest BCUT2D eigenvalue weighted by Crippen LogP contribution is 2.24. The normalized spacial score (nSPS) is 11.5. The molecule has 0 unspecified atom stereocenters. The minimum Gasteiger partial charge on any atom is -0.305 e. The third-order valence-electron chi connectivity index (χ3n) is 3.52. The van der Waals surface area contributed by atoms with Crippen molar-refractivity contribution in [2.75, 3.05) is 0 Å². The molecule has 24 heavy (non-hydrogen) atoms. The zero-order valence-electron chi connectivity index (χ0n) is 12.6.